The van der Waals surface area contributed by atoms with Crippen molar-refractivity contribution in [1.82, 2.24) is 9.78 Å². The van der Waals surface area contributed by atoms with Gasteiger partial charge in [-0.15, -0.1) is 0 Å². The number of hydrogen-bond donors (Lipinski definition) is 1. The van der Waals surface area contributed by atoms with Crippen LogP contribution in [0.1, 0.15) is 19.5 Å². The molecule has 1 aromatic heterocycles. The minimum absolute atomic E-state index is 0.544. The lowest BCUT2D eigenvalue weighted by atomic mass is 10.2. The Morgan fingerprint density at radius 2 is 2.31 bits per heavy atom. The molecular formula is C11H20N4S. The van der Waals surface area contributed by atoms with Gasteiger partial charge in [-0.1, -0.05) is 0 Å². The number of aryl methyl sites for hydroxylation is 2. The van der Waals surface area contributed by atoms with Crippen molar-refractivity contribution in [3.8, 4) is 0 Å². The van der Waals surface area contributed by atoms with Crippen molar-refractivity contribution in [2.45, 2.75) is 33.4 Å². The molecule has 0 aromatic carbocycles. The van der Waals surface area contributed by atoms with Crippen LogP contribution >= 0.6 is 11.8 Å². The molecule has 1 aromatic rings. The number of thioether (sulfide) groups is 1. The predicted molar refractivity (Wildman–Crippen MR) is 71.2 cm³/mol. The third-order valence-electron chi connectivity index (χ3n) is 3.09. The van der Waals surface area contributed by atoms with Gasteiger partial charge in [-0.05, 0) is 20.8 Å². The monoisotopic (exact) mass is 240 g/mol. The molecule has 0 bridgehead atoms. The number of aromatic nitrogens is 2. The number of rotatable bonds is 2. The Morgan fingerprint density at radius 1 is 1.56 bits per heavy atom. The molecule has 1 fully saturated rings. The van der Waals surface area contributed by atoms with Crippen molar-refractivity contribution < 1.29 is 0 Å². The van der Waals surface area contributed by atoms with E-state index >= 15 is 0 Å². The molecule has 4 nitrogen and oxygen atoms in total. The first-order chi connectivity index (χ1) is 7.65. The van der Waals surface area contributed by atoms with Gasteiger partial charge in [0, 0.05) is 30.6 Å². The van der Waals surface area contributed by atoms with Crippen molar-refractivity contribution in [1.29, 1.82) is 0 Å². The van der Waals surface area contributed by atoms with Gasteiger partial charge in [0.25, 0.3) is 0 Å². The first-order valence-corrected chi connectivity index (χ1v) is 6.97. The van der Waals surface area contributed by atoms with Gasteiger partial charge in [0.05, 0.1) is 11.4 Å². The minimum atomic E-state index is 0.544. The van der Waals surface area contributed by atoms with Gasteiger partial charge < -0.3 is 10.6 Å². The molecular weight excluding hydrogens is 220 g/mol. The molecule has 16 heavy (non-hydrogen) atoms. The fourth-order valence-corrected chi connectivity index (χ4v) is 3.16. The molecule has 1 aliphatic rings. The van der Waals surface area contributed by atoms with Gasteiger partial charge in [-0.2, -0.15) is 16.9 Å². The molecule has 1 unspecified atom stereocenters. The summed E-state index contributed by atoms with van der Waals surface area (Å²) in [6, 6.07) is 0.544. The standard InChI is InChI=1S/C11H20N4S/c1-4-15-11(10(12)9(3)13-15)14-5-6-16-7-8(14)2/h8H,4-7,12H2,1-3H3. The zero-order valence-electron chi connectivity index (χ0n) is 10.2. The molecule has 1 aliphatic heterocycles. The first-order valence-electron chi connectivity index (χ1n) is 5.82. The second-order valence-electron chi connectivity index (χ2n) is 4.26. The van der Waals surface area contributed by atoms with Gasteiger partial charge in [-0.25, -0.2) is 4.68 Å². The summed E-state index contributed by atoms with van der Waals surface area (Å²) >= 11 is 2.02. The fraction of sp³-hybridized carbons (Fsp3) is 0.727. The molecule has 0 radical (unpaired) electrons. The van der Waals surface area contributed by atoms with Crippen LogP contribution in [0.25, 0.3) is 0 Å². The van der Waals surface area contributed by atoms with E-state index in [0.29, 0.717) is 6.04 Å². The molecule has 90 valence electrons. The Balaban J connectivity index is 2.37. The van der Waals surface area contributed by atoms with Gasteiger partial charge in [0.15, 0.2) is 5.82 Å². The highest BCUT2D eigenvalue weighted by molar-refractivity contribution is 7.99. The van der Waals surface area contributed by atoms with E-state index in [1.807, 2.05) is 23.4 Å². The van der Waals surface area contributed by atoms with Crippen molar-refractivity contribution in [3.05, 3.63) is 5.69 Å². The minimum Gasteiger partial charge on any atom is -0.394 e. The zero-order chi connectivity index (χ0) is 11.7. The molecule has 2 heterocycles. The summed E-state index contributed by atoms with van der Waals surface area (Å²) in [6.45, 7) is 8.30. The lowest BCUT2D eigenvalue weighted by Gasteiger charge is -2.35. The summed E-state index contributed by atoms with van der Waals surface area (Å²) in [7, 11) is 0. The summed E-state index contributed by atoms with van der Waals surface area (Å²) in [5.74, 6) is 3.47. The van der Waals surface area contributed by atoms with Crippen LogP contribution in [0.2, 0.25) is 0 Å². The van der Waals surface area contributed by atoms with Crippen molar-refractivity contribution in [3.63, 3.8) is 0 Å². The largest absolute Gasteiger partial charge is 0.394 e. The Labute approximate surface area is 101 Å². The van der Waals surface area contributed by atoms with Crippen LogP contribution in [0.3, 0.4) is 0 Å². The molecule has 1 saturated heterocycles. The van der Waals surface area contributed by atoms with Gasteiger partial charge >= 0.3 is 0 Å². The second-order valence-corrected chi connectivity index (χ2v) is 5.41. The fourth-order valence-electron chi connectivity index (χ4n) is 2.15. The molecule has 5 heteroatoms. The van der Waals surface area contributed by atoms with Gasteiger partial charge in [-0.3, -0.25) is 0 Å². The van der Waals surface area contributed by atoms with Crippen molar-refractivity contribution in [2.75, 3.05) is 28.7 Å². The maximum absolute atomic E-state index is 6.14. The molecule has 1 atom stereocenters. The number of nitrogens with zero attached hydrogens (tertiary/aromatic N) is 3. The van der Waals surface area contributed by atoms with Crippen LogP contribution in [0.15, 0.2) is 0 Å². The predicted octanol–water partition coefficient (Wildman–Crippen LogP) is 1.74. The highest BCUT2D eigenvalue weighted by atomic mass is 32.2. The summed E-state index contributed by atoms with van der Waals surface area (Å²) in [5.41, 5.74) is 7.93. The van der Waals surface area contributed by atoms with Crippen molar-refractivity contribution >= 4 is 23.3 Å². The Kier molecular flexibility index (Phi) is 3.33. The average Bonchev–Trinajstić information content (AvgIpc) is 2.56. The maximum Gasteiger partial charge on any atom is 0.150 e. The van der Waals surface area contributed by atoms with Gasteiger partial charge in [0.2, 0.25) is 0 Å². The van der Waals surface area contributed by atoms with Crippen LogP contribution in [-0.4, -0.2) is 33.9 Å². The zero-order valence-corrected chi connectivity index (χ0v) is 11.0. The normalized spacial score (nSPS) is 21.4. The number of hydrogen-bond acceptors (Lipinski definition) is 4. The molecule has 2 N–H and O–H groups in total. The summed E-state index contributed by atoms with van der Waals surface area (Å²) in [5, 5.41) is 4.48. The Hall–Kier alpha value is -0.840. The second kappa shape index (κ2) is 4.57. The van der Waals surface area contributed by atoms with E-state index in [9.17, 15) is 0 Å². The average molecular weight is 240 g/mol. The van der Waals surface area contributed by atoms with E-state index in [4.69, 9.17) is 5.73 Å². The van der Waals surface area contributed by atoms with E-state index in [0.717, 1.165) is 30.3 Å². The van der Waals surface area contributed by atoms with E-state index in [-0.39, 0.29) is 0 Å². The SMILES string of the molecule is CCn1nc(C)c(N)c1N1CCSCC1C. The Morgan fingerprint density at radius 3 is 2.94 bits per heavy atom. The van der Waals surface area contributed by atoms with Crippen LogP contribution < -0.4 is 10.6 Å². The summed E-state index contributed by atoms with van der Waals surface area (Å²) < 4.78 is 2.02. The number of nitrogen functional groups attached to an aromatic ring is 1. The number of nitrogens with two attached hydrogens (primary N) is 1. The maximum atomic E-state index is 6.14. The van der Waals surface area contributed by atoms with E-state index in [2.05, 4.69) is 23.8 Å². The third kappa shape index (κ3) is 1.88. The van der Waals surface area contributed by atoms with E-state index in [1.165, 1.54) is 11.5 Å². The molecule has 0 saturated carbocycles. The third-order valence-corrected chi connectivity index (χ3v) is 4.27. The lowest BCUT2D eigenvalue weighted by molar-refractivity contribution is 0.605. The van der Waals surface area contributed by atoms with Crippen LogP contribution in [0.4, 0.5) is 11.5 Å². The van der Waals surface area contributed by atoms with E-state index < -0.39 is 0 Å². The quantitative estimate of drug-likeness (QED) is 0.855. The summed E-state index contributed by atoms with van der Waals surface area (Å²) in [4.78, 5) is 2.40. The van der Waals surface area contributed by atoms with Gasteiger partial charge in [0.1, 0.15) is 0 Å². The highest BCUT2D eigenvalue weighted by Gasteiger charge is 2.25. The Bertz CT molecular complexity index is 374. The van der Waals surface area contributed by atoms with Crippen LogP contribution in [-0.2, 0) is 6.54 Å². The number of anilines is 2. The molecule has 0 spiro atoms. The topological polar surface area (TPSA) is 47.1 Å². The molecule has 0 aliphatic carbocycles. The summed E-state index contributed by atoms with van der Waals surface area (Å²) in [6.07, 6.45) is 0. The van der Waals surface area contributed by atoms with Crippen LogP contribution in [0, 0.1) is 6.92 Å². The molecule has 2 rings (SSSR count). The highest BCUT2D eigenvalue weighted by Crippen LogP contribution is 2.31. The van der Waals surface area contributed by atoms with Crippen molar-refractivity contribution in [2.24, 2.45) is 0 Å². The van der Waals surface area contributed by atoms with Crippen LogP contribution in [0.5, 0.6) is 0 Å². The lowest BCUT2D eigenvalue weighted by Crippen LogP contribution is -2.42. The first kappa shape index (κ1) is 11.6. The smallest absolute Gasteiger partial charge is 0.150 e. The van der Waals surface area contributed by atoms with E-state index in [1.54, 1.807) is 0 Å². The molecule has 0 amide bonds.